The van der Waals surface area contributed by atoms with Crippen molar-refractivity contribution < 1.29 is 23.1 Å². The van der Waals surface area contributed by atoms with E-state index in [1.807, 2.05) is 20.8 Å². The molecule has 0 fully saturated rings. The van der Waals surface area contributed by atoms with Gasteiger partial charge in [-0.3, -0.25) is 5.10 Å². The topological polar surface area (TPSA) is 130 Å². The zero-order valence-corrected chi connectivity index (χ0v) is 29.6. The average Bonchev–Trinajstić information content (AvgIpc) is 3.53. The zero-order chi connectivity index (χ0) is 33.2. The number of rotatable bonds is 18. The van der Waals surface area contributed by atoms with Gasteiger partial charge >= 0.3 is 6.09 Å². The van der Waals surface area contributed by atoms with E-state index in [0.717, 1.165) is 12.8 Å². The number of benzene rings is 1. The van der Waals surface area contributed by atoms with Crippen LogP contribution in [0.4, 0.5) is 16.2 Å². The molecule has 0 aliphatic heterocycles. The van der Waals surface area contributed by atoms with Crippen molar-refractivity contribution in [2.24, 2.45) is 0 Å². The Kier molecular flexibility index (Phi) is 13.9. The van der Waals surface area contributed by atoms with Gasteiger partial charge in [-0.05, 0) is 31.9 Å². The molecule has 3 rings (SSSR count). The van der Waals surface area contributed by atoms with Crippen molar-refractivity contribution in [2.45, 2.75) is 117 Å². The van der Waals surface area contributed by atoms with Gasteiger partial charge in [-0.15, -0.1) is 10.2 Å². The maximum atomic E-state index is 13.4. The molecular weight excluding hydrogens is 637 g/mol. The smallest absolute Gasteiger partial charge is 0.419 e. The van der Waals surface area contributed by atoms with Crippen LogP contribution < -0.4 is 4.90 Å². The highest BCUT2D eigenvalue weighted by molar-refractivity contribution is 7.91. The highest BCUT2D eigenvalue weighted by atomic mass is 35.5. The van der Waals surface area contributed by atoms with Crippen molar-refractivity contribution in [3.05, 3.63) is 33.7 Å². The molecule has 0 radical (unpaired) electrons. The number of sulfone groups is 1. The number of hydrogen-bond donors (Lipinski definition) is 2. The molecule has 2 aromatic heterocycles. The van der Waals surface area contributed by atoms with Gasteiger partial charge < -0.3 is 9.84 Å². The number of carbonyl (C=O) groups is 1. The fourth-order valence-corrected chi connectivity index (χ4v) is 7.23. The van der Waals surface area contributed by atoms with Gasteiger partial charge in [-0.2, -0.15) is 0 Å². The van der Waals surface area contributed by atoms with E-state index in [4.69, 9.17) is 27.9 Å². The Bertz CT molecular complexity index is 1490. The van der Waals surface area contributed by atoms with E-state index in [0.29, 0.717) is 42.1 Å². The number of ether oxygens (including phenoxy) is 1. The van der Waals surface area contributed by atoms with Crippen LogP contribution in [0.15, 0.2) is 12.1 Å². The number of anilines is 2. The number of fused-ring (bicyclic) bond motifs is 1. The molecule has 1 aromatic carbocycles. The number of phenolic OH excluding ortho intramolecular Hbond substituents is 1. The fourth-order valence-electron chi connectivity index (χ4n) is 5.32. The molecule has 0 aliphatic carbocycles. The first kappa shape index (κ1) is 37.0. The van der Waals surface area contributed by atoms with Crippen molar-refractivity contribution in [1.82, 2.24) is 19.8 Å². The molecule has 3 aromatic rings. The molecule has 0 saturated carbocycles. The van der Waals surface area contributed by atoms with Gasteiger partial charge in [0.1, 0.15) is 15.5 Å². The van der Waals surface area contributed by atoms with Gasteiger partial charge in [0.2, 0.25) is 5.65 Å². The number of H-pyrrole nitrogens is 1. The number of aryl methyl sites for hydroxylation is 1. The van der Waals surface area contributed by atoms with Crippen LogP contribution in [0.1, 0.15) is 117 Å². The van der Waals surface area contributed by atoms with Gasteiger partial charge in [0.15, 0.2) is 11.6 Å². The minimum atomic E-state index is -3.18. The van der Waals surface area contributed by atoms with Crippen molar-refractivity contribution in [1.29, 1.82) is 0 Å². The molecule has 10 nitrogen and oxygen atoms in total. The Hall–Kier alpha value is -2.50. The van der Waals surface area contributed by atoms with Crippen molar-refractivity contribution in [2.75, 3.05) is 23.0 Å². The third kappa shape index (κ3) is 10.2. The summed E-state index contributed by atoms with van der Waals surface area (Å²) in [6.45, 7) is 9.98. The number of halogens is 2. The van der Waals surface area contributed by atoms with E-state index < -0.39 is 21.3 Å². The van der Waals surface area contributed by atoms with E-state index >= 15 is 0 Å². The van der Waals surface area contributed by atoms with Crippen molar-refractivity contribution in [3.63, 3.8) is 0 Å². The van der Waals surface area contributed by atoms with Crippen LogP contribution >= 0.6 is 23.2 Å². The molecule has 1 amide bonds. The zero-order valence-electron chi connectivity index (χ0n) is 27.3. The summed E-state index contributed by atoms with van der Waals surface area (Å²) in [6, 6.07) is 2.85. The predicted molar refractivity (Wildman–Crippen MR) is 182 cm³/mol. The number of aromatic amines is 1. The standard InChI is InChI=1S/C32H49Cl2N5O5S/c1-6-8-9-10-11-12-13-14-15-16-19-45(42,43)20-17-18-26-35-36-30-27(29(32(3,4)5)37-39(26)30)38(31(41)44-7-2)23-21-24(33)28(40)25(34)22-23/h21-22,37,40H,6-20H2,1-5H3. The Balaban J connectivity index is 1.73. The van der Waals surface area contributed by atoms with Crippen LogP contribution in [0.2, 0.25) is 10.0 Å². The second-order valence-electron chi connectivity index (χ2n) is 12.6. The quantitative estimate of drug-likeness (QED) is 0.128. The first-order chi connectivity index (χ1) is 21.3. The summed E-state index contributed by atoms with van der Waals surface area (Å²) in [5, 5.41) is 22.1. The van der Waals surface area contributed by atoms with Crippen LogP contribution in [0.3, 0.4) is 0 Å². The molecule has 0 unspecified atom stereocenters. The monoisotopic (exact) mass is 685 g/mol. The molecule has 0 saturated heterocycles. The van der Waals surface area contributed by atoms with Crippen LogP contribution in [0, 0.1) is 0 Å². The highest BCUT2D eigenvalue weighted by Gasteiger charge is 2.34. The number of carbonyl (C=O) groups excluding carboxylic acids is 1. The Morgan fingerprint density at radius 2 is 1.49 bits per heavy atom. The number of phenols is 1. The molecule has 0 aliphatic rings. The lowest BCUT2D eigenvalue weighted by Crippen LogP contribution is -2.29. The second kappa shape index (κ2) is 16.9. The molecule has 45 heavy (non-hydrogen) atoms. The van der Waals surface area contributed by atoms with Crippen LogP contribution in [-0.4, -0.2) is 57.5 Å². The van der Waals surface area contributed by atoms with Crippen molar-refractivity contribution in [3.8, 4) is 5.75 Å². The average molecular weight is 687 g/mol. The number of nitrogens with zero attached hydrogens (tertiary/aromatic N) is 4. The summed E-state index contributed by atoms with van der Waals surface area (Å²) >= 11 is 12.5. The Morgan fingerprint density at radius 1 is 0.933 bits per heavy atom. The maximum Gasteiger partial charge on any atom is 0.419 e. The molecular formula is C32H49Cl2N5O5S. The normalized spacial score (nSPS) is 12.2. The molecule has 252 valence electrons. The number of aromatic nitrogens is 4. The summed E-state index contributed by atoms with van der Waals surface area (Å²) in [5.41, 5.74) is 1.20. The summed E-state index contributed by atoms with van der Waals surface area (Å²) in [4.78, 5) is 14.7. The molecule has 0 bridgehead atoms. The first-order valence-corrected chi connectivity index (χ1v) is 18.7. The Labute approximate surface area is 277 Å². The van der Waals surface area contributed by atoms with E-state index in [1.54, 1.807) is 11.4 Å². The maximum absolute atomic E-state index is 13.4. The first-order valence-electron chi connectivity index (χ1n) is 16.1. The summed E-state index contributed by atoms with van der Waals surface area (Å²) < 4.78 is 32.6. The van der Waals surface area contributed by atoms with Gasteiger partial charge in [-0.25, -0.2) is 22.6 Å². The number of nitrogens with one attached hydrogen (secondary N) is 1. The lowest BCUT2D eigenvalue weighted by molar-refractivity contribution is 0.162. The lowest BCUT2D eigenvalue weighted by Gasteiger charge is -2.26. The molecule has 2 heterocycles. The minimum absolute atomic E-state index is 0.0307. The van der Waals surface area contributed by atoms with E-state index in [-0.39, 0.29) is 39.6 Å². The SMILES string of the molecule is CCCCCCCCCCCCS(=O)(=O)CCCc1nnc2c(N(C(=O)OCC)c3cc(Cl)c(O)c(Cl)c3)c(C(C)(C)C)[nH]n12. The third-order valence-corrected chi connectivity index (χ3v) is 10.1. The Morgan fingerprint density at radius 3 is 2.04 bits per heavy atom. The van der Waals surface area contributed by atoms with Gasteiger partial charge in [0.25, 0.3) is 0 Å². The second-order valence-corrected chi connectivity index (χ2v) is 15.7. The van der Waals surface area contributed by atoms with Crippen LogP contribution in [0.25, 0.3) is 5.65 Å². The van der Waals surface area contributed by atoms with Crippen LogP contribution in [-0.2, 0) is 26.4 Å². The number of hydrogen-bond acceptors (Lipinski definition) is 7. The largest absolute Gasteiger partial charge is 0.505 e. The van der Waals surface area contributed by atoms with Gasteiger partial charge in [0, 0.05) is 11.8 Å². The number of aromatic hydroxyl groups is 1. The predicted octanol–water partition coefficient (Wildman–Crippen LogP) is 8.93. The molecule has 0 spiro atoms. The molecule has 0 atom stereocenters. The highest BCUT2D eigenvalue weighted by Crippen LogP contribution is 2.42. The van der Waals surface area contributed by atoms with E-state index in [1.165, 1.54) is 62.0 Å². The summed E-state index contributed by atoms with van der Waals surface area (Å²) in [6.07, 6.45) is 11.6. The summed E-state index contributed by atoms with van der Waals surface area (Å²) in [5.74, 6) is 0.514. The molecule has 13 heteroatoms. The summed E-state index contributed by atoms with van der Waals surface area (Å²) in [7, 11) is -3.18. The lowest BCUT2D eigenvalue weighted by atomic mass is 9.91. The van der Waals surface area contributed by atoms with Gasteiger partial charge in [0.05, 0.1) is 39.5 Å². The van der Waals surface area contributed by atoms with Crippen molar-refractivity contribution >= 4 is 56.2 Å². The number of amides is 1. The number of unbranched alkanes of at least 4 members (excludes halogenated alkanes) is 9. The minimum Gasteiger partial charge on any atom is -0.505 e. The van der Waals surface area contributed by atoms with Gasteiger partial charge in [-0.1, -0.05) is 109 Å². The third-order valence-electron chi connectivity index (χ3n) is 7.75. The van der Waals surface area contributed by atoms with E-state index in [9.17, 15) is 18.3 Å². The van der Waals surface area contributed by atoms with Crippen LogP contribution in [0.5, 0.6) is 5.75 Å². The van der Waals surface area contributed by atoms with E-state index in [2.05, 4.69) is 22.2 Å². The fraction of sp³-hybridized carbons (Fsp3) is 0.656. The molecule has 2 N–H and O–H groups in total.